The fraction of sp³-hybridized carbons (Fsp3) is 0.538. The molecule has 0 aromatic heterocycles. The van der Waals surface area contributed by atoms with E-state index in [0.29, 0.717) is 5.75 Å². The minimum atomic E-state index is 0.473. The molecule has 0 heterocycles. The van der Waals surface area contributed by atoms with Crippen LogP contribution in [0.25, 0.3) is 0 Å². The summed E-state index contributed by atoms with van der Waals surface area (Å²) in [5.74, 6) is 0.473. The second-order valence-corrected chi connectivity index (χ2v) is 3.66. The standard InChI is InChI=1S/C13H20O/c1-4-7-12-11(6-3)10(5-2)8-9-13(12)14/h8-9,14H,4-7H2,1-3H3. The van der Waals surface area contributed by atoms with Crippen molar-refractivity contribution in [2.45, 2.75) is 46.5 Å². The fourth-order valence-corrected chi connectivity index (χ4v) is 2.03. The van der Waals surface area contributed by atoms with Gasteiger partial charge in [-0.1, -0.05) is 33.3 Å². The summed E-state index contributed by atoms with van der Waals surface area (Å²) in [6.07, 6.45) is 4.16. The van der Waals surface area contributed by atoms with E-state index in [2.05, 4.69) is 20.8 Å². The van der Waals surface area contributed by atoms with E-state index in [9.17, 15) is 5.11 Å². The molecule has 1 aromatic carbocycles. The van der Waals surface area contributed by atoms with Crippen LogP contribution in [0.5, 0.6) is 5.75 Å². The first kappa shape index (κ1) is 11.1. The van der Waals surface area contributed by atoms with E-state index >= 15 is 0 Å². The molecule has 0 fully saturated rings. The second-order valence-electron chi connectivity index (χ2n) is 3.66. The number of rotatable bonds is 4. The van der Waals surface area contributed by atoms with Gasteiger partial charge in [0.05, 0.1) is 0 Å². The quantitative estimate of drug-likeness (QED) is 0.774. The molecule has 1 rings (SSSR count). The van der Waals surface area contributed by atoms with Gasteiger partial charge in [0.2, 0.25) is 0 Å². The van der Waals surface area contributed by atoms with Crippen LogP contribution in [-0.4, -0.2) is 5.11 Å². The van der Waals surface area contributed by atoms with Gasteiger partial charge in [-0.05, 0) is 42.0 Å². The van der Waals surface area contributed by atoms with Gasteiger partial charge in [-0.2, -0.15) is 0 Å². The van der Waals surface area contributed by atoms with E-state index < -0.39 is 0 Å². The summed E-state index contributed by atoms with van der Waals surface area (Å²) >= 11 is 0. The average Bonchev–Trinajstić information content (AvgIpc) is 2.21. The Hall–Kier alpha value is -0.980. The molecule has 0 aliphatic heterocycles. The molecule has 0 aliphatic carbocycles. The largest absolute Gasteiger partial charge is 0.508 e. The van der Waals surface area contributed by atoms with Gasteiger partial charge in [-0.15, -0.1) is 0 Å². The number of hydrogen-bond acceptors (Lipinski definition) is 1. The van der Waals surface area contributed by atoms with Crippen LogP contribution in [0, 0.1) is 0 Å². The molecule has 0 aliphatic rings. The average molecular weight is 192 g/mol. The summed E-state index contributed by atoms with van der Waals surface area (Å²) in [4.78, 5) is 0. The molecule has 1 N–H and O–H groups in total. The van der Waals surface area contributed by atoms with Crippen molar-refractivity contribution in [1.29, 1.82) is 0 Å². The maximum Gasteiger partial charge on any atom is 0.119 e. The maximum absolute atomic E-state index is 9.77. The lowest BCUT2D eigenvalue weighted by Crippen LogP contribution is -1.98. The molecule has 78 valence electrons. The van der Waals surface area contributed by atoms with Gasteiger partial charge in [-0.25, -0.2) is 0 Å². The first-order valence-corrected chi connectivity index (χ1v) is 5.57. The van der Waals surface area contributed by atoms with Crippen LogP contribution >= 0.6 is 0 Å². The minimum absolute atomic E-state index is 0.473. The van der Waals surface area contributed by atoms with Crippen molar-refractivity contribution < 1.29 is 5.11 Å². The van der Waals surface area contributed by atoms with Crippen LogP contribution in [0.15, 0.2) is 12.1 Å². The number of aromatic hydroxyl groups is 1. The van der Waals surface area contributed by atoms with Crippen molar-refractivity contribution in [3.8, 4) is 5.75 Å². The van der Waals surface area contributed by atoms with Crippen molar-refractivity contribution in [1.82, 2.24) is 0 Å². The number of benzene rings is 1. The third-order valence-electron chi connectivity index (χ3n) is 2.74. The van der Waals surface area contributed by atoms with Gasteiger partial charge in [-0.3, -0.25) is 0 Å². The molecule has 0 spiro atoms. The SMILES string of the molecule is CCCc1c(O)ccc(CC)c1CC. The van der Waals surface area contributed by atoms with Gasteiger partial charge in [0.15, 0.2) is 0 Å². The number of aryl methyl sites for hydroxylation is 1. The molecule has 0 amide bonds. The van der Waals surface area contributed by atoms with Gasteiger partial charge in [0.25, 0.3) is 0 Å². The molecule has 1 nitrogen and oxygen atoms in total. The van der Waals surface area contributed by atoms with E-state index in [4.69, 9.17) is 0 Å². The smallest absolute Gasteiger partial charge is 0.119 e. The Bertz CT molecular complexity index is 302. The van der Waals surface area contributed by atoms with Crippen LogP contribution in [0.2, 0.25) is 0 Å². The highest BCUT2D eigenvalue weighted by atomic mass is 16.3. The van der Waals surface area contributed by atoms with Crippen LogP contribution in [0.4, 0.5) is 0 Å². The number of phenols is 1. The van der Waals surface area contributed by atoms with Crippen LogP contribution in [-0.2, 0) is 19.3 Å². The zero-order valence-electron chi connectivity index (χ0n) is 9.43. The van der Waals surface area contributed by atoms with Crippen LogP contribution in [0.3, 0.4) is 0 Å². The van der Waals surface area contributed by atoms with Gasteiger partial charge >= 0.3 is 0 Å². The topological polar surface area (TPSA) is 20.2 Å². The lowest BCUT2D eigenvalue weighted by Gasteiger charge is -2.13. The molecular formula is C13H20O. The third-order valence-corrected chi connectivity index (χ3v) is 2.74. The normalized spacial score (nSPS) is 10.5. The monoisotopic (exact) mass is 192 g/mol. The highest BCUT2D eigenvalue weighted by molar-refractivity contribution is 5.44. The molecule has 0 saturated carbocycles. The summed E-state index contributed by atoms with van der Waals surface area (Å²) in [5.41, 5.74) is 3.90. The lowest BCUT2D eigenvalue weighted by atomic mass is 9.94. The van der Waals surface area contributed by atoms with Crippen LogP contribution in [0.1, 0.15) is 43.9 Å². The Balaban J connectivity index is 3.20. The first-order valence-electron chi connectivity index (χ1n) is 5.57. The zero-order chi connectivity index (χ0) is 10.6. The van der Waals surface area contributed by atoms with E-state index in [0.717, 1.165) is 31.2 Å². The van der Waals surface area contributed by atoms with Crippen molar-refractivity contribution in [3.05, 3.63) is 28.8 Å². The molecule has 0 bridgehead atoms. The number of hydrogen-bond donors (Lipinski definition) is 1. The number of phenolic OH excluding ortho intramolecular Hbond substituents is 1. The molecule has 14 heavy (non-hydrogen) atoms. The van der Waals surface area contributed by atoms with Crippen LogP contribution < -0.4 is 0 Å². The lowest BCUT2D eigenvalue weighted by molar-refractivity contribution is 0.466. The van der Waals surface area contributed by atoms with E-state index in [1.807, 2.05) is 12.1 Å². The minimum Gasteiger partial charge on any atom is -0.508 e. The van der Waals surface area contributed by atoms with E-state index in [1.165, 1.54) is 11.1 Å². The van der Waals surface area contributed by atoms with Crippen molar-refractivity contribution in [3.63, 3.8) is 0 Å². The Kier molecular flexibility index (Phi) is 3.99. The first-order chi connectivity index (χ1) is 6.74. The van der Waals surface area contributed by atoms with E-state index in [1.54, 1.807) is 0 Å². The Morgan fingerprint density at radius 1 is 1.00 bits per heavy atom. The third kappa shape index (κ3) is 2.09. The van der Waals surface area contributed by atoms with E-state index in [-0.39, 0.29) is 0 Å². The molecule has 0 atom stereocenters. The summed E-state index contributed by atoms with van der Waals surface area (Å²) < 4.78 is 0. The molecule has 0 unspecified atom stereocenters. The van der Waals surface area contributed by atoms with Gasteiger partial charge in [0.1, 0.15) is 5.75 Å². The summed E-state index contributed by atoms with van der Waals surface area (Å²) in [7, 11) is 0. The van der Waals surface area contributed by atoms with Gasteiger partial charge in [0, 0.05) is 0 Å². The maximum atomic E-state index is 9.77. The molecule has 0 radical (unpaired) electrons. The highest BCUT2D eigenvalue weighted by Gasteiger charge is 2.09. The molecule has 1 heteroatoms. The predicted octanol–water partition coefficient (Wildman–Crippen LogP) is 3.47. The predicted molar refractivity (Wildman–Crippen MR) is 60.9 cm³/mol. The Labute approximate surface area is 86.8 Å². The van der Waals surface area contributed by atoms with Crippen molar-refractivity contribution in [2.75, 3.05) is 0 Å². The Morgan fingerprint density at radius 3 is 2.21 bits per heavy atom. The second kappa shape index (κ2) is 5.04. The van der Waals surface area contributed by atoms with Crippen molar-refractivity contribution in [2.24, 2.45) is 0 Å². The Morgan fingerprint density at radius 2 is 1.71 bits per heavy atom. The highest BCUT2D eigenvalue weighted by Crippen LogP contribution is 2.26. The van der Waals surface area contributed by atoms with Crippen molar-refractivity contribution >= 4 is 0 Å². The zero-order valence-corrected chi connectivity index (χ0v) is 9.43. The molecular weight excluding hydrogens is 172 g/mol. The molecule has 1 aromatic rings. The van der Waals surface area contributed by atoms with Gasteiger partial charge < -0.3 is 5.11 Å². The summed E-state index contributed by atoms with van der Waals surface area (Å²) in [6, 6.07) is 3.89. The summed E-state index contributed by atoms with van der Waals surface area (Å²) in [5, 5.41) is 9.77. The summed E-state index contributed by atoms with van der Waals surface area (Å²) in [6.45, 7) is 6.48. The molecule has 0 saturated heterocycles. The fourth-order valence-electron chi connectivity index (χ4n) is 2.03.